The number of H-pyrrole nitrogens is 1. The monoisotopic (exact) mass is 368 g/mol. The number of rotatable bonds is 5. The number of aliphatic hydroxyl groups is 1. The number of fused-ring (bicyclic) bond motifs is 2. The number of aliphatic hydroxyl groups excluding tert-OH is 1. The van der Waals surface area contributed by atoms with Crippen molar-refractivity contribution in [2.75, 3.05) is 20.6 Å². The van der Waals surface area contributed by atoms with Crippen molar-refractivity contribution < 1.29 is 9.90 Å². The Labute approximate surface area is 157 Å². The van der Waals surface area contributed by atoms with Gasteiger partial charge in [0.05, 0.1) is 41.9 Å². The summed E-state index contributed by atoms with van der Waals surface area (Å²) in [5, 5.41) is 14.8. The molecule has 0 fully saturated rings. The molecule has 0 spiro atoms. The normalized spacial score (nSPS) is 15.7. The first-order valence-electron chi connectivity index (χ1n) is 9.10. The van der Waals surface area contributed by atoms with Crippen LogP contribution < -0.4 is 0 Å². The molecule has 27 heavy (non-hydrogen) atoms. The lowest BCUT2D eigenvalue weighted by atomic mass is 10.1. The predicted octanol–water partition coefficient (Wildman–Crippen LogP) is 1.29. The third-order valence-electron chi connectivity index (χ3n) is 4.92. The Morgan fingerprint density at radius 1 is 1.33 bits per heavy atom. The zero-order valence-corrected chi connectivity index (χ0v) is 15.6. The van der Waals surface area contributed by atoms with E-state index in [2.05, 4.69) is 20.0 Å². The van der Waals surface area contributed by atoms with E-state index >= 15 is 0 Å². The summed E-state index contributed by atoms with van der Waals surface area (Å²) in [6.07, 6.45) is -0.826. The minimum atomic E-state index is -0.873. The third kappa shape index (κ3) is 3.72. The van der Waals surface area contributed by atoms with E-state index in [1.54, 1.807) is 14.1 Å². The first-order valence-corrected chi connectivity index (χ1v) is 9.10. The Hall–Kier alpha value is -2.71. The summed E-state index contributed by atoms with van der Waals surface area (Å²) >= 11 is 0. The highest BCUT2D eigenvalue weighted by atomic mass is 16.3. The minimum absolute atomic E-state index is 0.0478. The van der Waals surface area contributed by atoms with E-state index in [1.165, 1.54) is 4.90 Å². The summed E-state index contributed by atoms with van der Waals surface area (Å²) in [5.74, 6) is 0.834. The molecular weight excluding hydrogens is 344 g/mol. The van der Waals surface area contributed by atoms with E-state index < -0.39 is 6.10 Å². The van der Waals surface area contributed by atoms with Crippen molar-refractivity contribution in [3.05, 3.63) is 47.5 Å². The number of hydrogen-bond acceptors (Lipinski definition) is 5. The van der Waals surface area contributed by atoms with Gasteiger partial charge in [-0.25, -0.2) is 4.98 Å². The highest BCUT2D eigenvalue weighted by Crippen LogP contribution is 2.22. The molecule has 1 atom stereocenters. The Bertz CT molecular complexity index is 927. The second-order valence-corrected chi connectivity index (χ2v) is 7.20. The fourth-order valence-electron chi connectivity index (χ4n) is 3.39. The van der Waals surface area contributed by atoms with Crippen molar-refractivity contribution in [2.24, 2.45) is 0 Å². The molecule has 0 bridgehead atoms. The molecule has 1 aromatic carbocycles. The Morgan fingerprint density at radius 2 is 2.15 bits per heavy atom. The highest BCUT2D eigenvalue weighted by molar-refractivity contribution is 5.76. The zero-order valence-electron chi connectivity index (χ0n) is 15.6. The minimum Gasteiger partial charge on any atom is -0.386 e. The number of aromatic nitrogens is 4. The van der Waals surface area contributed by atoms with Crippen molar-refractivity contribution in [3.8, 4) is 0 Å². The van der Waals surface area contributed by atoms with Crippen molar-refractivity contribution in [2.45, 2.75) is 32.2 Å². The van der Waals surface area contributed by atoms with E-state index in [1.807, 2.05) is 35.0 Å². The largest absolute Gasteiger partial charge is 0.386 e. The Kier molecular flexibility index (Phi) is 4.67. The molecule has 0 unspecified atom stereocenters. The maximum absolute atomic E-state index is 11.8. The Balaban J connectivity index is 1.43. The fraction of sp³-hybridized carbons (Fsp3) is 0.421. The number of benzene rings is 1. The lowest BCUT2D eigenvalue weighted by Crippen LogP contribution is -2.33. The summed E-state index contributed by atoms with van der Waals surface area (Å²) in [6, 6.07) is 9.92. The van der Waals surface area contributed by atoms with Gasteiger partial charge in [-0.1, -0.05) is 12.1 Å². The van der Waals surface area contributed by atoms with Gasteiger partial charge in [-0.15, -0.1) is 0 Å². The van der Waals surface area contributed by atoms with Gasteiger partial charge in [0.1, 0.15) is 11.9 Å². The molecule has 0 aliphatic carbocycles. The molecule has 2 N–H and O–H groups in total. The van der Waals surface area contributed by atoms with Gasteiger partial charge in [-0.05, 0) is 18.2 Å². The van der Waals surface area contributed by atoms with Gasteiger partial charge < -0.3 is 15.0 Å². The van der Waals surface area contributed by atoms with E-state index in [0.29, 0.717) is 5.69 Å². The number of nitrogens with zero attached hydrogens (tertiary/aromatic N) is 5. The summed E-state index contributed by atoms with van der Waals surface area (Å²) in [6.45, 7) is 3.08. The number of hydrogen-bond donors (Lipinski definition) is 2. The van der Waals surface area contributed by atoms with E-state index in [9.17, 15) is 9.90 Å². The molecule has 1 amide bonds. The maximum atomic E-state index is 11.8. The van der Waals surface area contributed by atoms with Crippen LogP contribution in [0.3, 0.4) is 0 Å². The molecule has 3 heterocycles. The lowest BCUT2D eigenvalue weighted by molar-refractivity contribution is -0.130. The van der Waals surface area contributed by atoms with Gasteiger partial charge in [0.2, 0.25) is 5.91 Å². The standard InChI is InChI=1S/C19H24N6O2/c1-23(2)19(27)10-17(26)16-9-13-11-24(7-8-25(13)22-16)12-18-20-14-5-3-4-6-15(14)21-18/h3-6,9,17,26H,7-8,10-12H2,1-2H3,(H,20,21)/t17-/m1/s1. The SMILES string of the molecule is CN(C)C(=O)C[C@@H](O)c1cc2n(n1)CCN(Cc1nc3ccccc3[nH]1)C2. The molecule has 1 aliphatic rings. The van der Waals surface area contributed by atoms with Crippen LogP contribution in [0.15, 0.2) is 30.3 Å². The summed E-state index contributed by atoms with van der Waals surface area (Å²) in [5.41, 5.74) is 3.63. The van der Waals surface area contributed by atoms with Crippen LogP contribution in [-0.4, -0.2) is 61.2 Å². The Morgan fingerprint density at radius 3 is 2.93 bits per heavy atom. The fourth-order valence-corrected chi connectivity index (χ4v) is 3.39. The van der Waals surface area contributed by atoms with Crippen molar-refractivity contribution >= 4 is 16.9 Å². The third-order valence-corrected chi connectivity index (χ3v) is 4.92. The van der Waals surface area contributed by atoms with Crippen LogP contribution in [0, 0.1) is 0 Å². The number of carbonyl (C=O) groups excluding carboxylic acids is 1. The molecule has 0 saturated carbocycles. The highest BCUT2D eigenvalue weighted by Gasteiger charge is 2.23. The van der Waals surface area contributed by atoms with Crippen LogP contribution >= 0.6 is 0 Å². The van der Waals surface area contributed by atoms with Crippen molar-refractivity contribution in [3.63, 3.8) is 0 Å². The number of para-hydroxylation sites is 2. The first-order chi connectivity index (χ1) is 13.0. The number of nitrogens with one attached hydrogen (secondary N) is 1. The lowest BCUT2D eigenvalue weighted by Gasteiger charge is -2.26. The van der Waals surface area contributed by atoms with Gasteiger partial charge in [-0.3, -0.25) is 14.4 Å². The molecule has 3 aromatic rings. The summed E-state index contributed by atoms with van der Waals surface area (Å²) in [4.78, 5) is 23.6. The zero-order chi connectivity index (χ0) is 19.0. The van der Waals surface area contributed by atoms with Crippen LogP contribution in [-0.2, 0) is 24.4 Å². The van der Waals surface area contributed by atoms with Gasteiger partial charge in [0.15, 0.2) is 0 Å². The molecule has 8 nitrogen and oxygen atoms in total. The number of carbonyl (C=O) groups is 1. The van der Waals surface area contributed by atoms with E-state index in [4.69, 9.17) is 0 Å². The molecule has 1 aliphatic heterocycles. The second-order valence-electron chi connectivity index (χ2n) is 7.20. The average Bonchev–Trinajstić information content (AvgIpc) is 3.24. The molecule has 142 valence electrons. The van der Waals surface area contributed by atoms with Crippen molar-refractivity contribution in [1.82, 2.24) is 29.5 Å². The van der Waals surface area contributed by atoms with Crippen LogP contribution in [0.4, 0.5) is 0 Å². The predicted molar refractivity (Wildman–Crippen MR) is 101 cm³/mol. The van der Waals surface area contributed by atoms with Crippen LogP contribution in [0.25, 0.3) is 11.0 Å². The van der Waals surface area contributed by atoms with Crippen molar-refractivity contribution in [1.29, 1.82) is 0 Å². The molecule has 8 heteroatoms. The van der Waals surface area contributed by atoms with Gasteiger partial charge in [0, 0.05) is 27.2 Å². The van der Waals surface area contributed by atoms with Gasteiger partial charge >= 0.3 is 0 Å². The smallest absolute Gasteiger partial charge is 0.225 e. The van der Waals surface area contributed by atoms with Gasteiger partial charge in [0.25, 0.3) is 0 Å². The molecule has 2 aromatic heterocycles. The molecule has 4 rings (SSSR count). The number of amides is 1. The average molecular weight is 368 g/mol. The number of aromatic amines is 1. The second kappa shape index (κ2) is 7.13. The van der Waals surface area contributed by atoms with Gasteiger partial charge in [-0.2, -0.15) is 5.10 Å². The molecular formula is C19H24N6O2. The molecule has 0 saturated heterocycles. The summed E-state index contributed by atoms with van der Waals surface area (Å²) in [7, 11) is 3.37. The quantitative estimate of drug-likeness (QED) is 0.708. The van der Waals surface area contributed by atoms with E-state index in [-0.39, 0.29) is 12.3 Å². The first kappa shape index (κ1) is 17.7. The summed E-state index contributed by atoms with van der Waals surface area (Å²) < 4.78 is 1.92. The van der Waals surface area contributed by atoms with E-state index in [0.717, 1.165) is 48.7 Å². The van der Waals surface area contributed by atoms with Crippen LogP contribution in [0.1, 0.15) is 29.7 Å². The topological polar surface area (TPSA) is 90.3 Å². The van der Waals surface area contributed by atoms with Crippen LogP contribution in [0.5, 0.6) is 0 Å². The molecule has 0 radical (unpaired) electrons. The number of imidazole rings is 1. The van der Waals surface area contributed by atoms with Crippen LogP contribution in [0.2, 0.25) is 0 Å². The maximum Gasteiger partial charge on any atom is 0.225 e.